The third-order valence-electron chi connectivity index (χ3n) is 6.76. The van der Waals surface area contributed by atoms with E-state index in [1.807, 2.05) is 92.0 Å². The fraction of sp³-hybridized carbons (Fsp3) is 0.0588. The Morgan fingerprint density at radius 1 is 0.756 bits per heavy atom. The number of rotatable bonds is 7. The number of hydrogen-bond acceptors (Lipinski definition) is 5. The van der Waals surface area contributed by atoms with Gasteiger partial charge in [-0.25, -0.2) is 9.78 Å². The molecule has 0 aliphatic carbocycles. The lowest BCUT2D eigenvalue weighted by atomic mass is 10.0. The van der Waals surface area contributed by atoms with Crippen molar-refractivity contribution in [1.82, 2.24) is 4.98 Å². The largest absolute Gasteiger partial charge is 0.340 e. The summed E-state index contributed by atoms with van der Waals surface area (Å²) in [4.78, 5) is 18.7. The molecule has 0 atom stereocenters. The van der Waals surface area contributed by atoms with E-state index < -0.39 is 0 Å². The fourth-order valence-corrected chi connectivity index (χ4v) is 6.25. The summed E-state index contributed by atoms with van der Waals surface area (Å²) in [7, 11) is 0. The van der Waals surface area contributed by atoms with Crippen LogP contribution in [0.4, 0.5) is 27.7 Å². The van der Waals surface area contributed by atoms with Crippen LogP contribution < -0.4 is 16.0 Å². The molecule has 0 fully saturated rings. The Morgan fingerprint density at radius 3 is 2.17 bits per heavy atom. The van der Waals surface area contributed by atoms with Crippen LogP contribution in [-0.4, -0.2) is 17.3 Å². The van der Waals surface area contributed by atoms with Crippen LogP contribution in [0.15, 0.2) is 120 Å². The quantitative estimate of drug-likeness (QED) is 0.167. The maximum atomic E-state index is 12.6. The van der Waals surface area contributed by atoms with Crippen molar-refractivity contribution in [2.75, 3.05) is 22.2 Å². The maximum absolute atomic E-state index is 12.6. The second-order valence-corrected chi connectivity index (χ2v) is 11.4. The van der Waals surface area contributed by atoms with Gasteiger partial charge in [-0.15, -0.1) is 23.1 Å². The number of fused-ring (bicyclic) bond motifs is 1. The summed E-state index contributed by atoms with van der Waals surface area (Å²) >= 11 is 3.45. The van der Waals surface area contributed by atoms with E-state index in [0.717, 1.165) is 50.4 Å². The van der Waals surface area contributed by atoms with E-state index in [1.54, 1.807) is 23.1 Å². The zero-order chi connectivity index (χ0) is 28.2. The highest BCUT2D eigenvalue weighted by Gasteiger charge is 2.17. The summed E-state index contributed by atoms with van der Waals surface area (Å²) in [6.45, 7) is 2.00. The van der Waals surface area contributed by atoms with Crippen molar-refractivity contribution in [3.63, 3.8) is 0 Å². The first-order valence-corrected chi connectivity index (χ1v) is 15.3. The van der Waals surface area contributed by atoms with Crippen molar-refractivity contribution in [2.45, 2.75) is 11.8 Å². The zero-order valence-corrected chi connectivity index (χ0v) is 24.3. The van der Waals surface area contributed by atoms with Gasteiger partial charge in [0.15, 0.2) is 0 Å². The third kappa shape index (κ3) is 5.96. The second kappa shape index (κ2) is 11.9. The number of urea groups is 1. The van der Waals surface area contributed by atoms with E-state index in [1.165, 1.54) is 9.60 Å². The highest BCUT2D eigenvalue weighted by atomic mass is 32.2. The average molecular weight is 573 g/mol. The van der Waals surface area contributed by atoms with Crippen LogP contribution in [0, 0.1) is 6.92 Å². The number of hydrogen-bond donors (Lipinski definition) is 3. The molecular weight excluding hydrogens is 545 g/mol. The molecule has 0 saturated carbocycles. The molecule has 2 aromatic heterocycles. The SMILES string of the molecule is CSc1ccc(-c2cnc(Nc3ccccc3)c3c(-c4ccc(NC(=O)Nc5cccc(C)c5)cc4)csc23)cc1. The highest BCUT2D eigenvalue weighted by Crippen LogP contribution is 2.43. The Morgan fingerprint density at radius 2 is 1.44 bits per heavy atom. The number of carbonyl (C=O) groups excluding carboxylic acids is 1. The number of carbonyl (C=O) groups is 1. The first kappa shape index (κ1) is 26.6. The van der Waals surface area contributed by atoms with Crippen LogP contribution >= 0.6 is 23.1 Å². The number of thioether (sulfide) groups is 1. The van der Waals surface area contributed by atoms with Crippen LogP contribution in [0.5, 0.6) is 0 Å². The van der Waals surface area contributed by atoms with Gasteiger partial charge in [0, 0.05) is 49.4 Å². The summed E-state index contributed by atoms with van der Waals surface area (Å²) in [5, 5.41) is 12.6. The van der Waals surface area contributed by atoms with E-state index in [9.17, 15) is 4.79 Å². The minimum Gasteiger partial charge on any atom is -0.340 e. The number of para-hydroxylation sites is 1. The lowest BCUT2D eigenvalue weighted by Gasteiger charge is -2.12. The highest BCUT2D eigenvalue weighted by molar-refractivity contribution is 7.98. The molecule has 4 aromatic carbocycles. The number of aromatic nitrogens is 1. The average Bonchev–Trinajstić information content (AvgIpc) is 3.44. The smallest absolute Gasteiger partial charge is 0.323 e. The van der Waals surface area contributed by atoms with Crippen LogP contribution in [-0.2, 0) is 0 Å². The van der Waals surface area contributed by atoms with E-state index in [4.69, 9.17) is 4.98 Å². The summed E-state index contributed by atoms with van der Waals surface area (Å²) in [6.07, 6.45) is 4.05. The van der Waals surface area contributed by atoms with Gasteiger partial charge in [0.25, 0.3) is 0 Å². The van der Waals surface area contributed by atoms with Crippen LogP contribution in [0.2, 0.25) is 0 Å². The Balaban J connectivity index is 1.33. The Hall–Kier alpha value is -4.59. The predicted octanol–water partition coefficient (Wildman–Crippen LogP) is 10.0. The molecule has 0 aliphatic heterocycles. The molecule has 0 aliphatic rings. The number of pyridine rings is 1. The van der Waals surface area contributed by atoms with Crippen molar-refractivity contribution >= 4 is 62.1 Å². The first-order chi connectivity index (χ1) is 20.1. The number of amides is 2. The van der Waals surface area contributed by atoms with Gasteiger partial charge in [0.2, 0.25) is 0 Å². The number of benzene rings is 4. The Labute approximate surface area is 247 Å². The van der Waals surface area contributed by atoms with Crippen molar-refractivity contribution in [3.8, 4) is 22.3 Å². The molecule has 6 aromatic rings. The summed E-state index contributed by atoms with van der Waals surface area (Å²) in [6, 6.07) is 34.1. The number of aryl methyl sites for hydroxylation is 1. The molecule has 7 heteroatoms. The van der Waals surface area contributed by atoms with Crippen molar-refractivity contribution in [3.05, 3.63) is 120 Å². The normalized spacial score (nSPS) is 10.9. The standard InChI is InChI=1S/C34H28N4OS2/c1-22-7-6-10-27(19-22)38-34(39)37-26-15-11-24(12-16-26)30-21-41-32-29(23-13-17-28(40-2)18-14-23)20-35-33(31(30)32)36-25-8-4-3-5-9-25/h3-21H,1-2H3,(H,35,36)(H2,37,38,39). The molecular formula is C34H28N4OS2. The van der Waals surface area contributed by atoms with Gasteiger partial charge in [0.1, 0.15) is 5.82 Å². The van der Waals surface area contributed by atoms with Gasteiger partial charge in [-0.3, -0.25) is 0 Å². The molecule has 2 heterocycles. The van der Waals surface area contributed by atoms with E-state index in [0.29, 0.717) is 5.69 Å². The lowest BCUT2D eigenvalue weighted by Crippen LogP contribution is -2.19. The summed E-state index contributed by atoms with van der Waals surface area (Å²) in [5.41, 5.74) is 7.93. The molecule has 5 nitrogen and oxygen atoms in total. The molecule has 2 amide bonds. The van der Waals surface area contributed by atoms with Crippen molar-refractivity contribution in [2.24, 2.45) is 0 Å². The maximum Gasteiger partial charge on any atom is 0.323 e. The van der Waals surface area contributed by atoms with Gasteiger partial charge in [-0.05, 0) is 83.8 Å². The summed E-state index contributed by atoms with van der Waals surface area (Å²) in [5.74, 6) is 0.812. The number of nitrogens with zero attached hydrogens (tertiary/aromatic N) is 1. The molecule has 202 valence electrons. The third-order valence-corrected chi connectivity index (χ3v) is 8.52. The summed E-state index contributed by atoms with van der Waals surface area (Å²) < 4.78 is 1.17. The van der Waals surface area contributed by atoms with Gasteiger partial charge < -0.3 is 16.0 Å². The lowest BCUT2D eigenvalue weighted by molar-refractivity contribution is 0.262. The van der Waals surface area contributed by atoms with Crippen LogP contribution in [0.1, 0.15) is 5.56 Å². The molecule has 0 bridgehead atoms. The number of nitrogens with one attached hydrogen (secondary N) is 3. The topological polar surface area (TPSA) is 66.0 Å². The molecule has 0 radical (unpaired) electrons. The van der Waals surface area contributed by atoms with Crippen LogP contribution in [0.3, 0.4) is 0 Å². The van der Waals surface area contributed by atoms with Crippen molar-refractivity contribution < 1.29 is 4.79 Å². The fourth-order valence-electron chi connectivity index (χ4n) is 4.73. The van der Waals surface area contributed by atoms with E-state index >= 15 is 0 Å². The second-order valence-electron chi connectivity index (χ2n) is 9.62. The van der Waals surface area contributed by atoms with Gasteiger partial charge >= 0.3 is 6.03 Å². The molecule has 0 unspecified atom stereocenters. The minimum absolute atomic E-state index is 0.278. The van der Waals surface area contributed by atoms with Gasteiger partial charge in [-0.1, -0.05) is 54.6 Å². The van der Waals surface area contributed by atoms with Gasteiger partial charge in [-0.2, -0.15) is 0 Å². The molecule has 6 rings (SSSR count). The first-order valence-electron chi connectivity index (χ1n) is 13.2. The number of thiophene rings is 1. The Kier molecular flexibility index (Phi) is 7.71. The molecule has 41 heavy (non-hydrogen) atoms. The zero-order valence-electron chi connectivity index (χ0n) is 22.6. The minimum atomic E-state index is -0.278. The Bertz CT molecular complexity index is 1810. The van der Waals surface area contributed by atoms with Gasteiger partial charge in [0.05, 0.1) is 0 Å². The van der Waals surface area contributed by atoms with E-state index in [-0.39, 0.29) is 6.03 Å². The molecule has 3 N–H and O–H groups in total. The van der Waals surface area contributed by atoms with Crippen LogP contribution in [0.25, 0.3) is 32.3 Å². The molecule has 0 spiro atoms. The number of anilines is 4. The molecule has 0 saturated heterocycles. The van der Waals surface area contributed by atoms with Crippen molar-refractivity contribution in [1.29, 1.82) is 0 Å². The van der Waals surface area contributed by atoms with E-state index in [2.05, 4.69) is 51.9 Å². The monoisotopic (exact) mass is 572 g/mol. The predicted molar refractivity (Wildman–Crippen MR) is 176 cm³/mol.